The van der Waals surface area contributed by atoms with Gasteiger partial charge in [0.2, 0.25) is 0 Å². The molecule has 0 atom stereocenters. The van der Waals surface area contributed by atoms with E-state index in [1.165, 1.54) is 0 Å². The van der Waals surface area contributed by atoms with Gasteiger partial charge in [-0.05, 0) is 17.7 Å². The highest BCUT2D eigenvalue weighted by Gasteiger charge is 2.06. The third-order valence-electron chi connectivity index (χ3n) is 2.54. The van der Waals surface area contributed by atoms with Crippen LogP contribution in [0.4, 0.5) is 0 Å². The number of benzene rings is 2. The van der Waals surface area contributed by atoms with Gasteiger partial charge in [0.1, 0.15) is 0 Å². The Balaban J connectivity index is 2.13. The van der Waals surface area contributed by atoms with Crippen molar-refractivity contribution < 1.29 is 4.79 Å². The molecule has 0 aliphatic carbocycles. The Hall–Kier alpha value is -2.40. The number of ketones is 1. The Bertz CT molecular complexity index is 550. The zero-order valence-electron chi connectivity index (χ0n) is 9.26. The van der Waals surface area contributed by atoms with E-state index in [9.17, 15) is 4.79 Å². The smallest absolute Gasteiger partial charge is 0.167 e. The topological polar surface area (TPSA) is 40.9 Å². The molecule has 0 radical (unpaired) electrons. The molecule has 17 heavy (non-hydrogen) atoms. The standard InChI is InChI=1S/C15H11NO/c16-11-13-6-8-14(9-7-13)15(17)10-12-4-2-1-3-5-12/h1-9H,10H2. The Labute approximate surface area is 100 Å². The first-order chi connectivity index (χ1) is 8.29. The summed E-state index contributed by atoms with van der Waals surface area (Å²) in [6.45, 7) is 0. The van der Waals surface area contributed by atoms with Crippen molar-refractivity contribution in [3.8, 4) is 6.07 Å². The van der Waals surface area contributed by atoms with E-state index in [1.807, 2.05) is 36.4 Å². The summed E-state index contributed by atoms with van der Waals surface area (Å²) in [4.78, 5) is 11.9. The molecule has 0 aliphatic rings. The van der Waals surface area contributed by atoms with Gasteiger partial charge in [-0.3, -0.25) is 4.79 Å². The molecule has 0 saturated carbocycles. The summed E-state index contributed by atoms with van der Waals surface area (Å²) >= 11 is 0. The number of hydrogen-bond acceptors (Lipinski definition) is 2. The van der Waals surface area contributed by atoms with E-state index < -0.39 is 0 Å². The van der Waals surface area contributed by atoms with E-state index in [0.29, 0.717) is 17.5 Å². The second-order valence-corrected chi connectivity index (χ2v) is 3.77. The van der Waals surface area contributed by atoms with Crippen molar-refractivity contribution >= 4 is 5.78 Å². The molecule has 0 amide bonds. The lowest BCUT2D eigenvalue weighted by molar-refractivity contribution is 0.0993. The average molecular weight is 221 g/mol. The monoisotopic (exact) mass is 221 g/mol. The van der Waals surface area contributed by atoms with Crippen LogP contribution in [0.5, 0.6) is 0 Å². The van der Waals surface area contributed by atoms with Crippen molar-refractivity contribution in [3.05, 3.63) is 71.3 Å². The van der Waals surface area contributed by atoms with Crippen LogP contribution in [0.3, 0.4) is 0 Å². The molecule has 0 N–H and O–H groups in total. The molecule has 2 aromatic rings. The quantitative estimate of drug-likeness (QED) is 0.747. The Kier molecular flexibility index (Phi) is 3.32. The minimum Gasteiger partial charge on any atom is -0.294 e. The van der Waals surface area contributed by atoms with Gasteiger partial charge in [-0.25, -0.2) is 0 Å². The second kappa shape index (κ2) is 5.09. The van der Waals surface area contributed by atoms with Gasteiger partial charge in [0.05, 0.1) is 11.6 Å². The zero-order chi connectivity index (χ0) is 12.1. The zero-order valence-corrected chi connectivity index (χ0v) is 9.26. The number of nitrogens with zero attached hydrogens (tertiary/aromatic N) is 1. The SMILES string of the molecule is N#Cc1ccc(C(=O)Cc2ccccc2)cc1. The highest BCUT2D eigenvalue weighted by molar-refractivity contribution is 5.97. The predicted octanol–water partition coefficient (Wildman–Crippen LogP) is 2.98. The number of Topliss-reactive ketones (excluding diaryl/α,β-unsaturated/α-hetero) is 1. The van der Waals surface area contributed by atoms with E-state index in [2.05, 4.69) is 0 Å². The summed E-state index contributed by atoms with van der Waals surface area (Å²) in [7, 11) is 0. The number of nitriles is 1. The highest BCUT2D eigenvalue weighted by atomic mass is 16.1. The van der Waals surface area contributed by atoms with Gasteiger partial charge in [0.15, 0.2) is 5.78 Å². The Morgan fingerprint density at radius 2 is 1.65 bits per heavy atom. The summed E-state index contributed by atoms with van der Waals surface area (Å²) in [5.74, 6) is 0.0701. The lowest BCUT2D eigenvalue weighted by Gasteiger charge is -2.01. The first-order valence-corrected chi connectivity index (χ1v) is 5.37. The molecular weight excluding hydrogens is 210 g/mol. The second-order valence-electron chi connectivity index (χ2n) is 3.77. The third kappa shape index (κ3) is 2.79. The van der Waals surface area contributed by atoms with E-state index >= 15 is 0 Å². The van der Waals surface area contributed by atoms with Crippen LogP contribution in [0.2, 0.25) is 0 Å². The van der Waals surface area contributed by atoms with Crippen molar-refractivity contribution in [2.24, 2.45) is 0 Å². The van der Waals surface area contributed by atoms with E-state index in [4.69, 9.17) is 5.26 Å². The van der Waals surface area contributed by atoms with Crippen LogP contribution >= 0.6 is 0 Å². The first-order valence-electron chi connectivity index (χ1n) is 5.37. The summed E-state index contributed by atoms with van der Waals surface area (Å²) in [6.07, 6.45) is 0.396. The van der Waals surface area contributed by atoms with Gasteiger partial charge in [-0.15, -0.1) is 0 Å². The molecule has 0 bridgehead atoms. The maximum atomic E-state index is 11.9. The van der Waals surface area contributed by atoms with Gasteiger partial charge < -0.3 is 0 Å². The largest absolute Gasteiger partial charge is 0.294 e. The molecule has 0 aliphatic heterocycles. The summed E-state index contributed by atoms with van der Waals surface area (Å²) in [5, 5.41) is 8.67. The van der Waals surface area contributed by atoms with E-state index in [-0.39, 0.29) is 5.78 Å². The van der Waals surface area contributed by atoms with Crippen molar-refractivity contribution in [1.82, 2.24) is 0 Å². The van der Waals surface area contributed by atoms with Gasteiger partial charge in [0.25, 0.3) is 0 Å². The fraction of sp³-hybridized carbons (Fsp3) is 0.0667. The molecule has 0 saturated heterocycles. The van der Waals surface area contributed by atoms with Crippen LogP contribution < -0.4 is 0 Å². The Morgan fingerprint density at radius 3 is 2.24 bits per heavy atom. The van der Waals surface area contributed by atoms with Crippen molar-refractivity contribution in [2.75, 3.05) is 0 Å². The molecule has 0 fully saturated rings. The molecular formula is C15H11NO. The molecule has 0 heterocycles. The molecule has 82 valence electrons. The highest BCUT2D eigenvalue weighted by Crippen LogP contribution is 2.08. The fourth-order valence-corrected chi connectivity index (χ4v) is 1.61. The van der Waals surface area contributed by atoms with Crippen LogP contribution in [0.15, 0.2) is 54.6 Å². The maximum absolute atomic E-state index is 11.9. The van der Waals surface area contributed by atoms with Crippen LogP contribution in [-0.2, 0) is 6.42 Å². The number of carbonyl (C=O) groups is 1. The number of carbonyl (C=O) groups excluding carboxylic acids is 1. The van der Waals surface area contributed by atoms with Crippen LogP contribution in [0.1, 0.15) is 21.5 Å². The maximum Gasteiger partial charge on any atom is 0.167 e. The van der Waals surface area contributed by atoms with Crippen LogP contribution in [0, 0.1) is 11.3 Å². The van der Waals surface area contributed by atoms with Crippen molar-refractivity contribution in [2.45, 2.75) is 6.42 Å². The fourth-order valence-electron chi connectivity index (χ4n) is 1.61. The third-order valence-corrected chi connectivity index (χ3v) is 2.54. The minimum atomic E-state index is 0.0701. The van der Waals surface area contributed by atoms with Gasteiger partial charge in [0, 0.05) is 12.0 Å². The normalized spacial score (nSPS) is 9.59. The van der Waals surface area contributed by atoms with E-state index in [0.717, 1.165) is 5.56 Å². The molecule has 2 rings (SSSR count). The summed E-state index contributed by atoms with van der Waals surface area (Å²) in [5.41, 5.74) is 2.22. The van der Waals surface area contributed by atoms with Crippen molar-refractivity contribution in [3.63, 3.8) is 0 Å². The van der Waals surface area contributed by atoms with Crippen LogP contribution in [0.25, 0.3) is 0 Å². The van der Waals surface area contributed by atoms with Gasteiger partial charge >= 0.3 is 0 Å². The number of rotatable bonds is 3. The number of hydrogen-bond donors (Lipinski definition) is 0. The summed E-state index contributed by atoms with van der Waals surface area (Å²) < 4.78 is 0. The molecule has 0 spiro atoms. The molecule has 2 aromatic carbocycles. The summed E-state index contributed by atoms with van der Waals surface area (Å²) in [6, 6.07) is 18.4. The van der Waals surface area contributed by atoms with E-state index in [1.54, 1.807) is 24.3 Å². The Morgan fingerprint density at radius 1 is 1.00 bits per heavy atom. The lowest BCUT2D eigenvalue weighted by atomic mass is 10.0. The lowest BCUT2D eigenvalue weighted by Crippen LogP contribution is -2.03. The average Bonchev–Trinajstić information content (AvgIpc) is 2.40. The first kappa shape index (κ1) is 11.1. The molecule has 0 unspecified atom stereocenters. The molecule has 2 heteroatoms. The predicted molar refractivity (Wildman–Crippen MR) is 65.6 cm³/mol. The molecule has 2 nitrogen and oxygen atoms in total. The molecule has 0 aromatic heterocycles. The van der Waals surface area contributed by atoms with Crippen molar-refractivity contribution in [1.29, 1.82) is 5.26 Å². The van der Waals surface area contributed by atoms with Gasteiger partial charge in [-0.1, -0.05) is 42.5 Å². The van der Waals surface area contributed by atoms with Crippen LogP contribution in [-0.4, -0.2) is 5.78 Å². The minimum absolute atomic E-state index is 0.0701. The van der Waals surface area contributed by atoms with Gasteiger partial charge in [-0.2, -0.15) is 5.26 Å².